The molecule has 6 heterocycles. The van der Waals surface area contributed by atoms with E-state index in [1.54, 1.807) is 48.5 Å². The Morgan fingerprint density at radius 3 is 2.46 bits per heavy atom. The molecule has 3 amide bonds. The lowest BCUT2D eigenvalue weighted by Crippen LogP contribution is -2.53. The number of hydrogen-bond acceptors (Lipinski definition) is 13. The average Bonchev–Trinajstić information content (AvgIpc) is 3.98. The topological polar surface area (TPSA) is 229 Å². The van der Waals surface area contributed by atoms with Crippen molar-refractivity contribution >= 4 is 90.3 Å². The Balaban J connectivity index is 0.755. The predicted octanol–water partition coefficient (Wildman–Crippen LogP) is 6.57. The van der Waals surface area contributed by atoms with Crippen LogP contribution in [-0.4, -0.2) is 102 Å². The van der Waals surface area contributed by atoms with Gasteiger partial charge in [0.05, 0.1) is 16.3 Å². The standard InChI is InChI=1S/C47H43FN6O11S2/c48-40-41(64-23-38(56)57)43(46(60)61)66-42(40)27-3-1-4-29(22-27)49-28-15-19-53(20-16-28)67(62,63)24-25-7-11-36-33(21-25)50-47(65-36)52-17-13-26(14-18-52)30-8-9-34-39-31(30)5-2-6-32(39)45(59)54(34)35-10-12-37(55)51-44(35)58/h1-9,11,21-22,26,28,35,49H,10,12-20,23-24H2,(H,56,57)(H,60,61)(H,51,55,58). The van der Waals surface area contributed by atoms with E-state index in [4.69, 9.17) is 19.2 Å². The number of benzene rings is 4. The minimum Gasteiger partial charge on any atom is -0.479 e. The number of hydrogen-bond donors (Lipinski definition) is 4. The Hall–Kier alpha value is -6.90. The molecule has 10 rings (SSSR count). The van der Waals surface area contributed by atoms with Crippen molar-refractivity contribution < 1.29 is 56.1 Å². The normalized spacial score (nSPS) is 18.5. The van der Waals surface area contributed by atoms with Crippen LogP contribution < -0.4 is 25.2 Å². The molecule has 6 aromatic rings. The summed E-state index contributed by atoms with van der Waals surface area (Å²) in [7, 11) is -3.70. The number of aromatic carboxylic acids is 1. The van der Waals surface area contributed by atoms with Crippen molar-refractivity contribution in [2.24, 2.45) is 0 Å². The third kappa shape index (κ3) is 8.33. The maximum atomic E-state index is 15.3. The molecule has 1 atom stereocenters. The highest BCUT2D eigenvalue weighted by atomic mass is 32.2. The van der Waals surface area contributed by atoms with Crippen molar-refractivity contribution in [3.05, 3.63) is 100 Å². The van der Waals surface area contributed by atoms with Gasteiger partial charge in [-0.3, -0.25) is 24.6 Å². The summed E-state index contributed by atoms with van der Waals surface area (Å²) in [4.78, 5) is 69.0. The zero-order valence-corrected chi connectivity index (χ0v) is 37.3. The molecule has 17 nitrogen and oxygen atoms in total. The van der Waals surface area contributed by atoms with Crippen LogP contribution in [0, 0.1) is 5.82 Å². The van der Waals surface area contributed by atoms with E-state index in [0.29, 0.717) is 82.4 Å². The van der Waals surface area contributed by atoms with Gasteiger partial charge in [0, 0.05) is 55.3 Å². The number of amides is 3. The van der Waals surface area contributed by atoms with Crippen LogP contribution in [-0.2, 0) is 30.2 Å². The van der Waals surface area contributed by atoms with Gasteiger partial charge in [0.15, 0.2) is 28.6 Å². The highest BCUT2D eigenvalue weighted by Gasteiger charge is 2.41. The van der Waals surface area contributed by atoms with Crippen molar-refractivity contribution in [3.63, 3.8) is 0 Å². The summed E-state index contributed by atoms with van der Waals surface area (Å²) in [6.07, 6.45) is 3.03. The number of carboxylic acids is 2. The number of thiophene rings is 1. The van der Waals surface area contributed by atoms with Crippen molar-refractivity contribution in [3.8, 4) is 16.2 Å². The van der Waals surface area contributed by atoms with Crippen LogP contribution in [0.2, 0.25) is 0 Å². The third-order valence-electron chi connectivity index (χ3n) is 13.0. The number of aliphatic carboxylic acids is 1. The SMILES string of the molecule is O=C(O)COc1c(C(=O)O)sc(-c2cccc(NC3CCN(S(=O)(=O)Cc4ccc5oc(N6CCC(c7ccc8c9c(cccc79)C(=O)N8C7CCC(=O)NC7=O)CC6)nc5c4)CC3)c2)c1F. The quantitative estimate of drug-likeness (QED) is 0.0899. The van der Waals surface area contributed by atoms with Gasteiger partial charge in [-0.15, -0.1) is 11.3 Å². The van der Waals surface area contributed by atoms with Gasteiger partial charge in [0.25, 0.3) is 11.9 Å². The summed E-state index contributed by atoms with van der Waals surface area (Å²) >= 11 is 0.644. The maximum absolute atomic E-state index is 15.3. The summed E-state index contributed by atoms with van der Waals surface area (Å²) in [5, 5.41) is 26.1. The lowest BCUT2D eigenvalue weighted by molar-refractivity contribution is -0.139. The number of carbonyl (C=O) groups excluding carboxylic acids is 3. The fourth-order valence-corrected chi connectivity index (χ4v) is 12.3. The van der Waals surface area contributed by atoms with E-state index in [2.05, 4.69) is 15.5 Å². The van der Waals surface area contributed by atoms with Gasteiger partial charge in [0.2, 0.25) is 21.8 Å². The number of fused-ring (bicyclic) bond motifs is 1. The molecular weight excluding hydrogens is 908 g/mol. The Bertz CT molecular complexity index is 3140. The molecule has 0 radical (unpaired) electrons. The smallest absolute Gasteiger partial charge is 0.349 e. The van der Waals surface area contributed by atoms with Gasteiger partial charge in [-0.25, -0.2) is 26.7 Å². The Morgan fingerprint density at radius 1 is 0.940 bits per heavy atom. The number of piperidine rings is 3. The number of carboxylic acid groups (broad SMARTS) is 2. The lowest BCUT2D eigenvalue weighted by Gasteiger charge is -2.32. The number of ether oxygens (including phenoxy) is 1. The molecule has 20 heteroatoms. The maximum Gasteiger partial charge on any atom is 0.349 e. The Kier molecular flexibility index (Phi) is 11.4. The molecule has 4 aliphatic heterocycles. The predicted molar refractivity (Wildman–Crippen MR) is 246 cm³/mol. The van der Waals surface area contributed by atoms with Crippen LogP contribution in [0.25, 0.3) is 32.3 Å². The minimum absolute atomic E-state index is 0.0157. The first-order valence-electron chi connectivity index (χ1n) is 21.8. The molecule has 0 aliphatic carbocycles. The number of oxazole rings is 1. The average molecular weight is 951 g/mol. The number of anilines is 3. The number of carbonyl (C=O) groups is 5. The van der Waals surface area contributed by atoms with Crippen LogP contribution in [0.3, 0.4) is 0 Å². The van der Waals surface area contributed by atoms with E-state index in [9.17, 15) is 37.5 Å². The largest absolute Gasteiger partial charge is 0.479 e. The first-order chi connectivity index (χ1) is 32.2. The first kappa shape index (κ1) is 44.0. The van der Waals surface area contributed by atoms with Gasteiger partial charge in [0.1, 0.15) is 11.6 Å². The molecule has 346 valence electrons. The summed E-state index contributed by atoms with van der Waals surface area (Å²) < 4.78 is 55.3. The van der Waals surface area contributed by atoms with Crippen LogP contribution in [0.1, 0.15) is 75.6 Å². The van der Waals surface area contributed by atoms with Crippen LogP contribution >= 0.6 is 11.3 Å². The number of nitrogens with zero attached hydrogens (tertiary/aromatic N) is 4. The number of imide groups is 1. The van der Waals surface area contributed by atoms with Crippen LogP contribution in [0.5, 0.6) is 5.75 Å². The summed E-state index contributed by atoms with van der Waals surface area (Å²) in [6.45, 7) is 0.972. The van der Waals surface area contributed by atoms with Gasteiger partial charge in [-0.1, -0.05) is 36.4 Å². The highest BCUT2D eigenvalue weighted by Crippen LogP contribution is 2.45. The molecule has 0 spiro atoms. The molecule has 3 fully saturated rings. The fourth-order valence-electron chi connectivity index (χ4n) is 9.74. The monoisotopic (exact) mass is 950 g/mol. The Labute approximate surface area is 386 Å². The van der Waals surface area contributed by atoms with Crippen molar-refractivity contribution in [2.45, 2.75) is 62.3 Å². The molecule has 0 saturated carbocycles. The summed E-state index contributed by atoms with van der Waals surface area (Å²) in [5.74, 6) is -5.47. The molecule has 1 unspecified atom stereocenters. The van der Waals surface area contributed by atoms with Gasteiger partial charge >= 0.3 is 11.9 Å². The molecule has 4 aliphatic rings. The molecule has 67 heavy (non-hydrogen) atoms. The number of nitrogens with one attached hydrogen (secondary N) is 2. The van der Waals surface area contributed by atoms with E-state index < -0.39 is 57.0 Å². The molecule has 4 aromatic carbocycles. The van der Waals surface area contributed by atoms with Crippen molar-refractivity contribution in [1.82, 2.24) is 14.6 Å². The number of halogens is 1. The zero-order valence-electron chi connectivity index (χ0n) is 35.7. The molecular formula is C47H43FN6O11S2. The molecule has 2 aromatic heterocycles. The van der Waals surface area contributed by atoms with E-state index >= 15 is 4.39 Å². The molecule has 0 bridgehead atoms. The lowest BCUT2D eigenvalue weighted by atomic mass is 9.85. The first-order valence-corrected chi connectivity index (χ1v) is 24.3. The molecule has 4 N–H and O–H groups in total. The van der Waals surface area contributed by atoms with Gasteiger partial charge in [-0.2, -0.15) is 4.98 Å². The van der Waals surface area contributed by atoms with Crippen LogP contribution in [0.15, 0.2) is 77.2 Å². The minimum atomic E-state index is -3.70. The van der Waals surface area contributed by atoms with E-state index in [1.807, 2.05) is 24.3 Å². The zero-order chi connectivity index (χ0) is 46.7. The number of sulfonamides is 1. The van der Waals surface area contributed by atoms with Gasteiger partial charge in [-0.05, 0) is 96.5 Å². The van der Waals surface area contributed by atoms with E-state index in [-0.39, 0.29) is 60.3 Å². The molecule has 3 saturated heterocycles. The Morgan fingerprint density at radius 2 is 1.72 bits per heavy atom. The summed E-state index contributed by atoms with van der Waals surface area (Å²) in [5.41, 5.74) is 5.03. The number of aromatic nitrogens is 1. The second-order valence-corrected chi connectivity index (χ2v) is 20.1. The second kappa shape index (κ2) is 17.4. The van der Waals surface area contributed by atoms with Crippen molar-refractivity contribution in [2.75, 3.05) is 47.9 Å². The highest BCUT2D eigenvalue weighted by molar-refractivity contribution is 7.88. The number of rotatable bonds is 13. The fraction of sp³-hybridized carbons (Fsp3) is 0.319. The summed E-state index contributed by atoms with van der Waals surface area (Å²) in [6, 6.07) is 21.2. The third-order valence-corrected chi connectivity index (χ3v) is 16.0. The van der Waals surface area contributed by atoms with E-state index in [1.165, 1.54) is 9.21 Å². The van der Waals surface area contributed by atoms with Gasteiger partial charge < -0.3 is 29.6 Å². The van der Waals surface area contributed by atoms with E-state index in [0.717, 1.165) is 29.2 Å². The second-order valence-electron chi connectivity index (χ2n) is 17.1. The van der Waals surface area contributed by atoms with Crippen molar-refractivity contribution in [1.29, 1.82) is 0 Å². The van der Waals surface area contributed by atoms with Crippen LogP contribution in [0.4, 0.5) is 21.8 Å².